The number of aromatic nitrogens is 4. The van der Waals surface area contributed by atoms with Crippen LogP contribution >= 0.6 is 11.3 Å². The van der Waals surface area contributed by atoms with Crippen molar-refractivity contribution in [2.24, 2.45) is 12.2 Å². The van der Waals surface area contributed by atoms with Crippen molar-refractivity contribution in [1.82, 2.24) is 24.7 Å². The molecule has 0 amide bonds. The van der Waals surface area contributed by atoms with E-state index in [1.54, 1.807) is 11.7 Å². The number of azide groups is 1. The van der Waals surface area contributed by atoms with E-state index in [1.165, 1.54) is 12.1 Å². The van der Waals surface area contributed by atoms with Crippen LogP contribution in [-0.2, 0) is 17.1 Å². The predicted molar refractivity (Wildman–Crippen MR) is 128 cm³/mol. The zero-order chi connectivity index (χ0) is 25.7. The second-order valence-electron chi connectivity index (χ2n) is 8.73. The van der Waals surface area contributed by atoms with Crippen LogP contribution in [0.2, 0.25) is 0 Å². The van der Waals surface area contributed by atoms with Crippen molar-refractivity contribution in [2.45, 2.75) is 48.7 Å². The van der Waals surface area contributed by atoms with Gasteiger partial charge in [0, 0.05) is 36.5 Å². The van der Waals surface area contributed by atoms with Gasteiger partial charge in [-0.3, -0.25) is 9.53 Å². The van der Waals surface area contributed by atoms with E-state index in [-0.39, 0.29) is 21.6 Å². The van der Waals surface area contributed by atoms with E-state index in [1.807, 2.05) is 4.90 Å². The average Bonchev–Trinajstić information content (AvgIpc) is 3.28. The van der Waals surface area contributed by atoms with E-state index in [4.69, 9.17) is 12.1 Å². The minimum absolute atomic E-state index is 0.0649. The molecule has 2 fully saturated rings. The molecule has 188 valence electrons. The fraction of sp³-hybridized carbons (Fsp3) is 0.500. The number of alkyl halides is 2. The maximum Gasteiger partial charge on any atom is 0.299 e. The van der Waals surface area contributed by atoms with Crippen molar-refractivity contribution in [3.05, 3.63) is 39.0 Å². The fourth-order valence-corrected chi connectivity index (χ4v) is 6.41. The van der Waals surface area contributed by atoms with Gasteiger partial charge in [-0.05, 0) is 30.5 Å². The topological polar surface area (TPSA) is 146 Å². The molecule has 36 heavy (non-hydrogen) atoms. The van der Waals surface area contributed by atoms with E-state index in [2.05, 4.69) is 34.9 Å². The van der Waals surface area contributed by atoms with Crippen LogP contribution in [0.1, 0.15) is 37.1 Å². The van der Waals surface area contributed by atoms with E-state index in [0.29, 0.717) is 66.7 Å². The van der Waals surface area contributed by atoms with Crippen LogP contribution in [0.3, 0.4) is 0 Å². The molecule has 2 aromatic heterocycles. The minimum atomic E-state index is -4.08. The summed E-state index contributed by atoms with van der Waals surface area (Å²) in [4.78, 5) is 8.24. The number of halogens is 2. The molecular formula is C20H20F2N10O2S2. The lowest BCUT2D eigenvalue weighted by Gasteiger charge is -2.32. The van der Waals surface area contributed by atoms with Gasteiger partial charge in [0.05, 0.1) is 28.9 Å². The molecular weight excluding hydrogens is 514 g/mol. The van der Waals surface area contributed by atoms with Crippen molar-refractivity contribution >= 4 is 38.0 Å². The van der Waals surface area contributed by atoms with E-state index >= 15 is 0 Å². The number of piperidine rings is 1. The van der Waals surface area contributed by atoms with Gasteiger partial charge < -0.3 is 4.90 Å². The normalized spacial score (nSPS) is 17.8. The Morgan fingerprint density at radius 3 is 2.61 bits per heavy atom. The first-order valence-electron chi connectivity index (χ1n) is 11.0. The third kappa shape index (κ3) is 4.35. The molecule has 16 heteroatoms. The standard InChI is InChI=1S/C20H20F2N10O2S2/c1-24-20(5-6-20)29-36(33,34)12-9-13-15(18-26-27-19(35-18)17(21)22)28-31(2)16(13)14(10-12)32-7-3-11(4-8-32)25-30-23/h9-11,17,29H,3-8H2,2H3. The number of anilines is 1. The van der Waals surface area contributed by atoms with Crippen LogP contribution in [-0.4, -0.2) is 53.2 Å². The molecule has 0 radical (unpaired) electrons. The van der Waals surface area contributed by atoms with Crippen LogP contribution in [0, 0.1) is 6.57 Å². The summed E-state index contributed by atoms with van der Waals surface area (Å²) in [6.45, 7) is 8.37. The molecule has 12 nitrogen and oxygen atoms in total. The van der Waals surface area contributed by atoms with Gasteiger partial charge in [0.25, 0.3) is 12.1 Å². The number of nitrogens with one attached hydrogen (secondary N) is 1. The molecule has 3 heterocycles. The summed E-state index contributed by atoms with van der Waals surface area (Å²) in [6, 6.07) is 2.81. The number of rotatable bonds is 7. The molecule has 0 bridgehead atoms. The first kappa shape index (κ1) is 24.3. The van der Waals surface area contributed by atoms with Gasteiger partial charge in [0.1, 0.15) is 5.69 Å². The molecule has 2 aliphatic rings. The first-order chi connectivity index (χ1) is 17.2. The van der Waals surface area contributed by atoms with Gasteiger partial charge in [-0.2, -0.15) is 5.10 Å². The van der Waals surface area contributed by atoms with Gasteiger partial charge in [-0.15, -0.1) is 14.9 Å². The zero-order valence-corrected chi connectivity index (χ0v) is 20.6. The third-order valence-electron chi connectivity index (χ3n) is 6.31. The second kappa shape index (κ2) is 8.93. The van der Waals surface area contributed by atoms with Crippen molar-refractivity contribution < 1.29 is 17.2 Å². The number of hydrogen-bond donors (Lipinski definition) is 1. The fourth-order valence-electron chi connectivity index (χ4n) is 4.30. The smallest absolute Gasteiger partial charge is 0.299 e. The summed E-state index contributed by atoms with van der Waals surface area (Å²) in [6.07, 6.45) is -0.766. The Morgan fingerprint density at radius 1 is 1.31 bits per heavy atom. The lowest BCUT2D eigenvalue weighted by molar-refractivity contribution is 0.150. The molecule has 0 atom stereocenters. The van der Waals surface area contributed by atoms with Crippen molar-refractivity contribution in [2.75, 3.05) is 18.0 Å². The van der Waals surface area contributed by atoms with E-state index in [0.717, 1.165) is 0 Å². The van der Waals surface area contributed by atoms with Crippen LogP contribution in [0.5, 0.6) is 0 Å². The lowest BCUT2D eigenvalue weighted by Crippen LogP contribution is -2.36. The third-order valence-corrected chi connectivity index (χ3v) is 8.76. The highest BCUT2D eigenvalue weighted by Crippen LogP contribution is 2.41. The number of sulfonamides is 1. The van der Waals surface area contributed by atoms with Gasteiger partial charge in [-0.25, -0.2) is 23.8 Å². The molecule has 3 aromatic rings. The minimum Gasteiger partial charge on any atom is -0.370 e. The summed E-state index contributed by atoms with van der Waals surface area (Å²) >= 11 is 0.693. The Kier molecular flexibility index (Phi) is 6.03. The summed E-state index contributed by atoms with van der Waals surface area (Å²) in [5.41, 5.74) is 9.05. The average molecular weight is 535 g/mol. The van der Waals surface area contributed by atoms with E-state index in [9.17, 15) is 17.2 Å². The predicted octanol–water partition coefficient (Wildman–Crippen LogP) is 4.00. The van der Waals surface area contributed by atoms with Crippen molar-refractivity contribution in [1.29, 1.82) is 0 Å². The molecule has 1 aliphatic heterocycles. The highest BCUT2D eigenvalue weighted by atomic mass is 32.2. The van der Waals surface area contributed by atoms with Crippen molar-refractivity contribution in [3.63, 3.8) is 0 Å². The number of nitrogens with zero attached hydrogens (tertiary/aromatic N) is 9. The van der Waals surface area contributed by atoms with Crippen molar-refractivity contribution in [3.8, 4) is 10.7 Å². The number of hydrogen-bond acceptors (Lipinski definition) is 8. The highest BCUT2D eigenvalue weighted by Gasteiger charge is 2.54. The Balaban J connectivity index is 1.66. The Labute approximate surface area is 208 Å². The van der Waals surface area contributed by atoms with Gasteiger partial charge in [-0.1, -0.05) is 16.5 Å². The molecule has 0 spiro atoms. The molecule has 1 aromatic carbocycles. The number of aryl methyl sites for hydroxylation is 1. The summed E-state index contributed by atoms with van der Waals surface area (Å²) in [5, 5.41) is 15.8. The maximum atomic E-state index is 13.3. The quantitative estimate of drug-likeness (QED) is 0.210. The van der Waals surface area contributed by atoms with Crippen LogP contribution in [0.25, 0.3) is 36.9 Å². The van der Waals surface area contributed by atoms with Crippen LogP contribution in [0.15, 0.2) is 22.1 Å². The first-order valence-corrected chi connectivity index (χ1v) is 13.3. The summed E-state index contributed by atoms with van der Waals surface area (Å²) < 4.78 is 57.1. The van der Waals surface area contributed by atoms with Crippen LogP contribution in [0.4, 0.5) is 14.5 Å². The summed E-state index contributed by atoms with van der Waals surface area (Å²) in [7, 11) is -2.40. The molecule has 1 aliphatic carbocycles. The SMILES string of the molecule is [C-]#[N+]C1(NS(=O)(=O)c2cc(N3CCC(N=[N+]=[N-])CC3)c3c(c2)c(-c2nnc(C(F)F)s2)nn3C)CC1. The molecule has 1 saturated heterocycles. The Hall–Kier alpha value is -3.38. The molecule has 0 unspecified atom stereocenters. The van der Waals surface area contributed by atoms with Gasteiger partial charge >= 0.3 is 0 Å². The highest BCUT2D eigenvalue weighted by molar-refractivity contribution is 7.89. The lowest BCUT2D eigenvalue weighted by atomic mass is 10.0. The monoisotopic (exact) mass is 534 g/mol. The second-order valence-corrected chi connectivity index (χ2v) is 11.4. The number of fused-ring (bicyclic) bond motifs is 1. The molecule has 5 rings (SSSR count). The largest absolute Gasteiger partial charge is 0.370 e. The van der Waals surface area contributed by atoms with Crippen LogP contribution < -0.4 is 9.62 Å². The van der Waals surface area contributed by atoms with Gasteiger partial charge in [0.15, 0.2) is 10.0 Å². The maximum absolute atomic E-state index is 13.3. The summed E-state index contributed by atoms with van der Waals surface area (Å²) in [5.74, 6) is 0. The zero-order valence-electron chi connectivity index (χ0n) is 19.0. The molecule has 1 saturated carbocycles. The number of benzene rings is 1. The Morgan fingerprint density at radius 2 is 2.03 bits per heavy atom. The Bertz CT molecular complexity index is 1530. The van der Waals surface area contributed by atoms with Gasteiger partial charge in [0.2, 0.25) is 10.0 Å². The van der Waals surface area contributed by atoms with E-state index < -0.39 is 27.1 Å². The molecule has 1 N–H and O–H groups in total.